The SMILES string of the molecule is Nc1ncc([N+](=O)[O-])c(Nc2ccc(Cl)cc2Br)n1. The lowest BCUT2D eigenvalue weighted by molar-refractivity contribution is -0.384. The van der Waals surface area contributed by atoms with Crippen molar-refractivity contribution in [2.24, 2.45) is 0 Å². The van der Waals surface area contributed by atoms with Crippen LogP contribution in [0.3, 0.4) is 0 Å². The van der Waals surface area contributed by atoms with E-state index in [0.29, 0.717) is 15.2 Å². The van der Waals surface area contributed by atoms with Crippen molar-refractivity contribution in [3.05, 3.63) is 44.0 Å². The van der Waals surface area contributed by atoms with E-state index in [1.807, 2.05) is 0 Å². The van der Waals surface area contributed by atoms with Gasteiger partial charge in [0.15, 0.2) is 0 Å². The van der Waals surface area contributed by atoms with Crippen LogP contribution in [0, 0.1) is 10.1 Å². The van der Waals surface area contributed by atoms with E-state index < -0.39 is 4.92 Å². The van der Waals surface area contributed by atoms with Gasteiger partial charge in [-0.1, -0.05) is 11.6 Å². The molecule has 0 spiro atoms. The smallest absolute Gasteiger partial charge is 0.329 e. The summed E-state index contributed by atoms with van der Waals surface area (Å²) in [6.07, 6.45) is 1.05. The quantitative estimate of drug-likeness (QED) is 0.654. The van der Waals surface area contributed by atoms with E-state index in [0.717, 1.165) is 6.20 Å². The van der Waals surface area contributed by atoms with Gasteiger partial charge in [-0.15, -0.1) is 0 Å². The molecule has 0 radical (unpaired) electrons. The fourth-order valence-corrected chi connectivity index (χ4v) is 2.11. The molecule has 0 unspecified atom stereocenters. The Kier molecular flexibility index (Phi) is 3.82. The summed E-state index contributed by atoms with van der Waals surface area (Å²) < 4.78 is 0.645. The molecule has 0 bridgehead atoms. The van der Waals surface area contributed by atoms with Gasteiger partial charge in [0.1, 0.15) is 6.20 Å². The number of nitrogen functional groups attached to an aromatic ring is 1. The highest BCUT2D eigenvalue weighted by molar-refractivity contribution is 9.10. The van der Waals surface area contributed by atoms with Crippen LogP contribution in [0.2, 0.25) is 5.02 Å². The van der Waals surface area contributed by atoms with Crippen LogP contribution in [0.4, 0.5) is 23.1 Å². The van der Waals surface area contributed by atoms with Gasteiger partial charge in [-0.3, -0.25) is 10.1 Å². The number of nitrogens with two attached hydrogens (primary N) is 1. The maximum absolute atomic E-state index is 10.9. The highest BCUT2D eigenvalue weighted by Gasteiger charge is 2.17. The van der Waals surface area contributed by atoms with Gasteiger partial charge in [-0.2, -0.15) is 4.98 Å². The number of nitrogens with one attached hydrogen (secondary N) is 1. The van der Waals surface area contributed by atoms with Crippen LogP contribution in [0.1, 0.15) is 0 Å². The van der Waals surface area contributed by atoms with Gasteiger partial charge in [0, 0.05) is 9.50 Å². The first-order valence-corrected chi connectivity index (χ1v) is 6.13. The normalized spacial score (nSPS) is 10.2. The van der Waals surface area contributed by atoms with Gasteiger partial charge in [0.25, 0.3) is 0 Å². The Labute approximate surface area is 121 Å². The molecule has 1 heterocycles. The van der Waals surface area contributed by atoms with Crippen molar-refractivity contribution in [2.45, 2.75) is 0 Å². The van der Waals surface area contributed by atoms with Crippen LogP contribution in [-0.4, -0.2) is 14.9 Å². The molecular weight excluding hydrogens is 337 g/mol. The predicted octanol–water partition coefficient (Wildman–Crippen LogP) is 3.13. The van der Waals surface area contributed by atoms with E-state index >= 15 is 0 Å². The monoisotopic (exact) mass is 343 g/mol. The molecule has 0 atom stereocenters. The molecule has 0 aliphatic heterocycles. The first-order chi connectivity index (χ1) is 8.97. The number of aromatic nitrogens is 2. The molecule has 0 saturated carbocycles. The van der Waals surface area contributed by atoms with Crippen molar-refractivity contribution in [1.29, 1.82) is 0 Å². The molecule has 0 amide bonds. The Balaban J connectivity index is 2.42. The van der Waals surface area contributed by atoms with E-state index in [-0.39, 0.29) is 17.5 Å². The zero-order valence-electron chi connectivity index (χ0n) is 9.30. The summed E-state index contributed by atoms with van der Waals surface area (Å²) >= 11 is 9.11. The molecule has 0 fully saturated rings. The highest BCUT2D eigenvalue weighted by atomic mass is 79.9. The van der Waals surface area contributed by atoms with Crippen LogP contribution in [-0.2, 0) is 0 Å². The van der Waals surface area contributed by atoms with E-state index in [4.69, 9.17) is 17.3 Å². The van der Waals surface area contributed by atoms with Crippen molar-refractivity contribution in [3.63, 3.8) is 0 Å². The Hall–Kier alpha value is -1.93. The third-order valence-electron chi connectivity index (χ3n) is 2.17. The zero-order chi connectivity index (χ0) is 14.0. The molecule has 98 valence electrons. The van der Waals surface area contributed by atoms with E-state index in [1.54, 1.807) is 18.2 Å². The van der Waals surface area contributed by atoms with Crippen LogP contribution in [0.15, 0.2) is 28.9 Å². The molecule has 2 rings (SSSR count). The lowest BCUT2D eigenvalue weighted by Crippen LogP contribution is -2.04. The summed E-state index contributed by atoms with van der Waals surface area (Å²) in [4.78, 5) is 17.7. The number of nitrogens with zero attached hydrogens (tertiary/aromatic N) is 3. The lowest BCUT2D eigenvalue weighted by atomic mass is 10.3. The van der Waals surface area contributed by atoms with Crippen molar-refractivity contribution >= 4 is 50.7 Å². The number of anilines is 3. The molecule has 2 aromatic rings. The van der Waals surface area contributed by atoms with Crippen molar-refractivity contribution in [1.82, 2.24) is 9.97 Å². The summed E-state index contributed by atoms with van der Waals surface area (Å²) in [7, 11) is 0. The first kappa shape index (κ1) is 13.5. The Morgan fingerprint density at radius 3 is 2.84 bits per heavy atom. The second kappa shape index (κ2) is 5.37. The van der Waals surface area contributed by atoms with Gasteiger partial charge in [0.05, 0.1) is 10.6 Å². The van der Waals surface area contributed by atoms with E-state index in [2.05, 4.69) is 31.2 Å². The van der Waals surface area contributed by atoms with Gasteiger partial charge in [0.2, 0.25) is 11.8 Å². The lowest BCUT2D eigenvalue weighted by Gasteiger charge is -2.08. The summed E-state index contributed by atoms with van der Waals surface area (Å²) in [5.41, 5.74) is 5.73. The fourth-order valence-electron chi connectivity index (χ4n) is 1.33. The minimum absolute atomic E-state index is 0.0144. The third-order valence-corrected chi connectivity index (χ3v) is 3.06. The average Bonchev–Trinajstić information content (AvgIpc) is 2.32. The summed E-state index contributed by atoms with van der Waals surface area (Å²) in [6, 6.07) is 4.96. The molecule has 0 aliphatic carbocycles. The molecule has 0 aliphatic rings. The molecule has 1 aromatic heterocycles. The van der Waals surface area contributed by atoms with Gasteiger partial charge >= 0.3 is 5.69 Å². The molecule has 19 heavy (non-hydrogen) atoms. The third kappa shape index (κ3) is 3.09. The second-order valence-corrected chi connectivity index (χ2v) is 4.76. The molecule has 1 aromatic carbocycles. The Morgan fingerprint density at radius 1 is 1.47 bits per heavy atom. The molecule has 7 nitrogen and oxygen atoms in total. The fraction of sp³-hybridized carbons (Fsp3) is 0. The zero-order valence-corrected chi connectivity index (χ0v) is 11.6. The molecule has 3 N–H and O–H groups in total. The topological polar surface area (TPSA) is 107 Å². The summed E-state index contributed by atoms with van der Waals surface area (Å²) in [6.45, 7) is 0. The second-order valence-electron chi connectivity index (χ2n) is 3.47. The Morgan fingerprint density at radius 2 is 2.21 bits per heavy atom. The Bertz CT molecular complexity index is 652. The van der Waals surface area contributed by atoms with Crippen molar-refractivity contribution < 1.29 is 4.92 Å². The molecular formula is C10H7BrClN5O2. The first-order valence-electron chi connectivity index (χ1n) is 4.96. The summed E-state index contributed by atoms with van der Waals surface area (Å²) in [5, 5.41) is 14.2. The highest BCUT2D eigenvalue weighted by Crippen LogP contribution is 2.31. The number of hydrogen-bond acceptors (Lipinski definition) is 6. The largest absolute Gasteiger partial charge is 0.368 e. The maximum atomic E-state index is 10.9. The van der Waals surface area contributed by atoms with Crippen LogP contribution in [0.25, 0.3) is 0 Å². The van der Waals surface area contributed by atoms with Crippen LogP contribution >= 0.6 is 27.5 Å². The molecule has 9 heteroatoms. The van der Waals surface area contributed by atoms with Gasteiger partial charge < -0.3 is 11.1 Å². The number of benzene rings is 1. The van der Waals surface area contributed by atoms with Crippen LogP contribution < -0.4 is 11.1 Å². The van der Waals surface area contributed by atoms with Gasteiger partial charge in [-0.25, -0.2) is 4.98 Å². The average molecular weight is 345 g/mol. The van der Waals surface area contributed by atoms with Crippen LogP contribution in [0.5, 0.6) is 0 Å². The van der Waals surface area contributed by atoms with E-state index in [9.17, 15) is 10.1 Å². The van der Waals surface area contributed by atoms with E-state index in [1.165, 1.54) is 0 Å². The molecule has 0 saturated heterocycles. The minimum atomic E-state index is -0.592. The number of nitro groups is 1. The maximum Gasteiger partial charge on any atom is 0.329 e. The standard InChI is InChI=1S/C10H7BrClN5O2/c11-6-3-5(12)1-2-7(6)15-9-8(17(18)19)4-14-10(13)16-9/h1-4H,(H3,13,14,15,16). The van der Waals surface area contributed by atoms with Crippen molar-refractivity contribution in [2.75, 3.05) is 11.1 Å². The summed E-state index contributed by atoms with van der Waals surface area (Å²) in [5.74, 6) is -0.0429. The number of halogens is 2. The predicted molar refractivity (Wildman–Crippen MR) is 75.5 cm³/mol. The van der Waals surface area contributed by atoms with Crippen molar-refractivity contribution in [3.8, 4) is 0 Å². The number of hydrogen-bond donors (Lipinski definition) is 2. The number of rotatable bonds is 3. The van der Waals surface area contributed by atoms with Gasteiger partial charge in [-0.05, 0) is 34.1 Å². The minimum Gasteiger partial charge on any atom is -0.368 e.